The Labute approximate surface area is 173 Å². The zero-order valence-electron chi connectivity index (χ0n) is 16.3. The number of methoxy groups -OCH3 is 1. The Morgan fingerprint density at radius 3 is 2.89 bits per heavy atom. The minimum Gasteiger partial charge on any atom is -0.493 e. The van der Waals surface area contributed by atoms with Gasteiger partial charge in [-0.15, -0.1) is 11.3 Å². The molecule has 1 aromatic heterocycles. The van der Waals surface area contributed by atoms with Crippen molar-refractivity contribution in [1.29, 1.82) is 0 Å². The van der Waals surface area contributed by atoms with E-state index in [1.165, 1.54) is 11.3 Å². The summed E-state index contributed by atoms with van der Waals surface area (Å²) in [5, 5.41) is 6.98. The number of nitrogens with one attached hydrogen (secondary N) is 1. The normalized spacial score (nSPS) is 12.0. The third kappa shape index (κ3) is 6.38. The standard InChI is InChI=1S/C19H24ClN3O4S/c1-5-12(3)27-18-15(20)7-13(8-16(18)25-4)10-21-23-19-22-14(11-28-19)9-17(24)26-6-2/h7-8,10-12H,5-6,9H2,1-4H3,(H,22,23). The predicted octanol–water partition coefficient (Wildman–Crippen LogP) is 4.53. The average Bonchev–Trinajstić information content (AvgIpc) is 3.10. The molecule has 0 saturated heterocycles. The van der Waals surface area contributed by atoms with Crippen molar-refractivity contribution >= 4 is 40.3 Å². The summed E-state index contributed by atoms with van der Waals surface area (Å²) in [4.78, 5) is 15.8. The van der Waals surface area contributed by atoms with Crippen molar-refractivity contribution in [3.8, 4) is 11.5 Å². The second-order valence-corrected chi connectivity index (χ2v) is 7.13. The van der Waals surface area contributed by atoms with E-state index >= 15 is 0 Å². The lowest BCUT2D eigenvalue weighted by Gasteiger charge is -2.17. The number of hydrazone groups is 1. The Morgan fingerprint density at radius 2 is 2.21 bits per heavy atom. The number of halogens is 1. The number of anilines is 1. The lowest BCUT2D eigenvalue weighted by molar-refractivity contribution is -0.142. The molecule has 7 nitrogen and oxygen atoms in total. The number of ether oxygens (including phenoxy) is 3. The molecule has 28 heavy (non-hydrogen) atoms. The molecule has 0 aliphatic heterocycles. The fourth-order valence-corrected chi connectivity index (χ4v) is 3.10. The van der Waals surface area contributed by atoms with Gasteiger partial charge < -0.3 is 14.2 Å². The monoisotopic (exact) mass is 425 g/mol. The predicted molar refractivity (Wildman–Crippen MR) is 112 cm³/mol. The highest BCUT2D eigenvalue weighted by atomic mass is 35.5. The smallest absolute Gasteiger partial charge is 0.311 e. The number of esters is 1. The van der Waals surface area contributed by atoms with E-state index in [1.54, 1.807) is 37.8 Å². The number of thiazole rings is 1. The fraction of sp³-hybridized carbons (Fsp3) is 0.421. The van der Waals surface area contributed by atoms with E-state index in [0.717, 1.165) is 12.0 Å². The number of carbonyl (C=O) groups excluding carboxylic acids is 1. The van der Waals surface area contributed by atoms with Crippen molar-refractivity contribution in [2.45, 2.75) is 39.7 Å². The van der Waals surface area contributed by atoms with Crippen molar-refractivity contribution in [2.24, 2.45) is 5.10 Å². The fourth-order valence-electron chi connectivity index (χ4n) is 2.17. The molecule has 2 aromatic rings. The molecule has 9 heteroatoms. The molecule has 0 amide bonds. The van der Waals surface area contributed by atoms with E-state index < -0.39 is 0 Å². The Morgan fingerprint density at radius 1 is 1.43 bits per heavy atom. The van der Waals surface area contributed by atoms with Crippen LogP contribution < -0.4 is 14.9 Å². The average molecular weight is 426 g/mol. The Bertz CT molecular complexity index is 826. The lowest BCUT2D eigenvalue weighted by atomic mass is 10.2. The molecule has 0 aliphatic carbocycles. The van der Waals surface area contributed by atoms with Crippen LogP contribution in [0.4, 0.5) is 5.13 Å². The Hall–Kier alpha value is -2.32. The number of hydrogen-bond donors (Lipinski definition) is 1. The maximum absolute atomic E-state index is 11.5. The first-order valence-corrected chi connectivity index (χ1v) is 10.2. The van der Waals surface area contributed by atoms with Gasteiger partial charge in [0, 0.05) is 5.38 Å². The topological polar surface area (TPSA) is 82.0 Å². The van der Waals surface area contributed by atoms with Crippen LogP contribution in [0.5, 0.6) is 11.5 Å². The van der Waals surface area contributed by atoms with Crippen LogP contribution in [0, 0.1) is 0 Å². The molecule has 152 valence electrons. The quantitative estimate of drug-likeness (QED) is 0.342. The summed E-state index contributed by atoms with van der Waals surface area (Å²) in [6.07, 6.45) is 2.63. The molecule has 1 heterocycles. The van der Waals surface area contributed by atoms with E-state index in [-0.39, 0.29) is 18.5 Å². The van der Waals surface area contributed by atoms with Crippen LogP contribution in [0.3, 0.4) is 0 Å². The molecule has 0 aliphatic rings. The highest BCUT2D eigenvalue weighted by Gasteiger charge is 2.14. The van der Waals surface area contributed by atoms with Gasteiger partial charge in [0.05, 0.1) is 43.2 Å². The SMILES string of the molecule is CCOC(=O)Cc1csc(NN=Cc2cc(Cl)c(OC(C)CC)c(OC)c2)n1. The maximum Gasteiger partial charge on any atom is 0.311 e. The molecule has 0 fully saturated rings. The molecule has 1 atom stereocenters. The molecule has 0 spiro atoms. The first kappa shape index (κ1) is 22.0. The molecule has 2 rings (SSSR count). The van der Waals surface area contributed by atoms with Gasteiger partial charge in [-0.2, -0.15) is 5.10 Å². The van der Waals surface area contributed by atoms with E-state index in [1.807, 2.05) is 13.8 Å². The number of hydrogen-bond acceptors (Lipinski definition) is 8. The minimum absolute atomic E-state index is 0.0290. The summed E-state index contributed by atoms with van der Waals surface area (Å²) in [6, 6.07) is 3.55. The molecule has 1 aromatic carbocycles. The van der Waals surface area contributed by atoms with Crippen LogP contribution >= 0.6 is 22.9 Å². The summed E-state index contributed by atoms with van der Waals surface area (Å²) >= 11 is 7.70. The van der Waals surface area contributed by atoms with E-state index in [2.05, 4.69) is 15.5 Å². The highest BCUT2D eigenvalue weighted by molar-refractivity contribution is 7.13. The van der Waals surface area contributed by atoms with Crippen molar-refractivity contribution in [3.05, 3.63) is 33.8 Å². The first-order valence-electron chi connectivity index (χ1n) is 8.90. The van der Waals surface area contributed by atoms with Gasteiger partial charge in [0.1, 0.15) is 0 Å². The minimum atomic E-state index is -0.302. The molecule has 1 N–H and O–H groups in total. The number of nitrogens with zero attached hydrogens (tertiary/aromatic N) is 2. The third-order valence-corrected chi connectivity index (χ3v) is 4.78. The first-order chi connectivity index (χ1) is 13.5. The van der Waals surface area contributed by atoms with Crippen molar-refractivity contribution in [3.63, 3.8) is 0 Å². The van der Waals surface area contributed by atoms with Gasteiger partial charge in [-0.1, -0.05) is 18.5 Å². The van der Waals surface area contributed by atoms with Crippen LogP contribution in [0.1, 0.15) is 38.4 Å². The van der Waals surface area contributed by atoms with Crippen LogP contribution in [0.2, 0.25) is 5.02 Å². The molecular formula is C19H24ClN3O4S. The molecule has 1 unspecified atom stereocenters. The van der Waals surface area contributed by atoms with E-state index in [9.17, 15) is 4.79 Å². The van der Waals surface area contributed by atoms with Gasteiger partial charge in [-0.25, -0.2) is 4.98 Å². The largest absolute Gasteiger partial charge is 0.493 e. The summed E-state index contributed by atoms with van der Waals surface area (Å²) in [5.74, 6) is 0.761. The summed E-state index contributed by atoms with van der Waals surface area (Å²) < 4.78 is 16.1. The highest BCUT2D eigenvalue weighted by Crippen LogP contribution is 2.37. The van der Waals surface area contributed by atoms with Gasteiger partial charge in [-0.3, -0.25) is 10.2 Å². The van der Waals surface area contributed by atoms with Crippen molar-refractivity contribution < 1.29 is 19.0 Å². The van der Waals surface area contributed by atoms with Crippen LogP contribution in [-0.2, 0) is 16.0 Å². The summed E-state index contributed by atoms with van der Waals surface area (Å²) in [7, 11) is 1.56. The van der Waals surface area contributed by atoms with Gasteiger partial charge >= 0.3 is 5.97 Å². The second-order valence-electron chi connectivity index (χ2n) is 5.87. The number of rotatable bonds is 10. The van der Waals surface area contributed by atoms with E-state index in [4.69, 9.17) is 25.8 Å². The maximum atomic E-state index is 11.5. The Balaban J connectivity index is 2.03. The molecule has 0 saturated carbocycles. The molecular weight excluding hydrogens is 402 g/mol. The summed E-state index contributed by atoms with van der Waals surface area (Å²) in [5.41, 5.74) is 4.22. The van der Waals surface area contributed by atoms with Crippen LogP contribution in [0.25, 0.3) is 0 Å². The molecule has 0 bridgehead atoms. The van der Waals surface area contributed by atoms with Crippen molar-refractivity contribution in [2.75, 3.05) is 19.1 Å². The van der Waals surface area contributed by atoms with Gasteiger partial charge in [-0.05, 0) is 38.0 Å². The number of benzene rings is 1. The third-order valence-electron chi connectivity index (χ3n) is 3.70. The van der Waals surface area contributed by atoms with Gasteiger partial charge in [0.15, 0.2) is 11.5 Å². The number of carbonyl (C=O) groups is 1. The number of aromatic nitrogens is 1. The van der Waals surface area contributed by atoms with Gasteiger partial charge in [0.25, 0.3) is 0 Å². The van der Waals surface area contributed by atoms with Crippen molar-refractivity contribution in [1.82, 2.24) is 4.98 Å². The molecule has 0 radical (unpaired) electrons. The van der Waals surface area contributed by atoms with Crippen LogP contribution in [0.15, 0.2) is 22.6 Å². The van der Waals surface area contributed by atoms with Gasteiger partial charge in [0.2, 0.25) is 5.13 Å². The second kappa shape index (κ2) is 10.9. The lowest BCUT2D eigenvalue weighted by Crippen LogP contribution is -2.11. The summed E-state index contributed by atoms with van der Waals surface area (Å²) in [6.45, 7) is 6.13. The Kier molecular flexibility index (Phi) is 8.53. The zero-order chi connectivity index (χ0) is 20.5. The van der Waals surface area contributed by atoms with Crippen LogP contribution in [-0.4, -0.2) is 37.0 Å². The van der Waals surface area contributed by atoms with E-state index in [0.29, 0.717) is 34.0 Å². The zero-order valence-corrected chi connectivity index (χ0v) is 17.9.